The number of nitrogens with zero attached hydrogens (tertiary/aromatic N) is 3. The predicted octanol–water partition coefficient (Wildman–Crippen LogP) is 4.70. The summed E-state index contributed by atoms with van der Waals surface area (Å²) < 4.78 is 2.14. The number of fused-ring (bicyclic) bond motifs is 1. The Balaban J connectivity index is 1.68. The van der Waals surface area contributed by atoms with Crippen LogP contribution in [0.2, 0.25) is 5.02 Å². The fourth-order valence-corrected chi connectivity index (χ4v) is 3.57. The lowest BCUT2D eigenvalue weighted by Crippen LogP contribution is -2.14. The Morgan fingerprint density at radius 1 is 1.21 bits per heavy atom. The highest BCUT2D eigenvalue weighted by atomic mass is 35.5. The van der Waals surface area contributed by atoms with Crippen LogP contribution in [0, 0.1) is 10.1 Å². The lowest BCUT2D eigenvalue weighted by Gasteiger charge is -2.11. The average molecular weight is 397 g/mol. The maximum atomic E-state index is 12.8. The molecule has 8 heteroatoms. The molecule has 1 aliphatic heterocycles. The molecular formula is C20H17ClN4O3. The summed E-state index contributed by atoms with van der Waals surface area (Å²) in [5.74, 6) is 0.443. The average Bonchev–Trinajstić information content (AvgIpc) is 3.12. The molecule has 2 heterocycles. The fourth-order valence-electron chi connectivity index (χ4n) is 3.40. The monoisotopic (exact) mass is 396 g/mol. The van der Waals surface area contributed by atoms with E-state index in [0.717, 1.165) is 42.9 Å². The van der Waals surface area contributed by atoms with Gasteiger partial charge in [0, 0.05) is 35.8 Å². The van der Waals surface area contributed by atoms with Crippen molar-refractivity contribution < 1.29 is 9.72 Å². The van der Waals surface area contributed by atoms with Gasteiger partial charge >= 0.3 is 0 Å². The van der Waals surface area contributed by atoms with Gasteiger partial charge < -0.3 is 9.88 Å². The molecule has 0 fully saturated rings. The number of aryl methyl sites for hydroxylation is 2. The minimum absolute atomic E-state index is 0.0866. The van der Waals surface area contributed by atoms with Crippen molar-refractivity contribution in [1.82, 2.24) is 9.55 Å². The van der Waals surface area contributed by atoms with Crippen molar-refractivity contribution in [3.63, 3.8) is 0 Å². The van der Waals surface area contributed by atoms with Gasteiger partial charge in [-0.25, -0.2) is 4.98 Å². The summed E-state index contributed by atoms with van der Waals surface area (Å²) in [7, 11) is 0. The number of imidazole rings is 1. The Labute approximate surface area is 166 Å². The van der Waals surface area contributed by atoms with Gasteiger partial charge in [-0.1, -0.05) is 29.8 Å². The lowest BCUT2D eigenvalue weighted by molar-refractivity contribution is -0.385. The molecular weight excluding hydrogens is 380 g/mol. The van der Waals surface area contributed by atoms with Crippen LogP contribution in [-0.4, -0.2) is 20.4 Å². The lowest BCUT2D eigenvalue weighted by atomic mass is 10.1. The van der Waals surface area contributed by atoms with Crippen LogP contribution in [0.15, 0.2) is 48.7 Å². The van der Waals surface area contributed by atoms with Crippen molar-refractivity contribution in [3.8, 4) is 11.3 Å². The summed E-state index contributed by atoms with van der Waals surface area (Å²) in [5.41, 5.74) is 1.70. The number of anilines is 1. The van der Waals surface area contributed by atoms with Crippen molar-refractivity contribution in [2.45, 2.75) is 25.8 Å². The predicted molar refractivity (Wildman–Crippen MR) is 107 cm³/mol. The molecule has 4 rings (SSSR count). The van der Waals surface area contributed by atoms with Gasteiger partial charge in [-0.05, 0) is 31.0 Å². The summed E-state index contributed by atoms with van der Waals surface area (Å²) in [5, 5.41) is 14.3. The highest BCUT2D eigenvalue weighted by molar-refractivity contribution is 6.31. The van der Waals surface area contributed by atoms with Gasteiger partial charge in [0.2, 0.25) is 0 Å². The van der Waals surface area contributed by atoms with Gasteiger partial charge in [0.25, 0.3) is 11.6 Å². The molecule has 0 unspecified atom stereocenters. The smallest absolute Gasteiger partial charge is 0.282 e. The molecule has 7 nitrogen and oxygen atoms in total. The first kappa shape index (κ1) is 18.2. The summed E-state index contributed by atoms with van der Waals surface area (Å²) >= 11 is 5.94. The molecule has 1 N–H and O–H groups in total. The third kappa shape index (κ3) is 3.48. The molecule has 3 aromatic rings. The van der Waals surface area contributed by atoms with Crippen LogP contribution in [0.5, 0.6) is 0 Å². The summed E-state index contributed by atoms with van der Waals surface area (Å²) in [4.78, 5) is 28.1. The zero-order valence-electron chi connectivity index (χ0n) is 14.9. The number of carbonyl (C=O) groups is 1. The Morgan fingerprint density at radius 2 is 2.04 bits per heavy atom. The largest absolute Gasteiger partial charge is 0.334 e. The second-order valence-electron chi connectivity index (χ2n) is 6.61. The van der Waals surface area contributed by atoms with Crippen LogP contribution in [-0.2, 0) is 13.0 Å². The molecule has 2 aromatic carbocycles. The van der Waals surface area contributed by atoms with Crippen molar-refractivity contribution >= 4 is 28.9 Å². The molecule has 1 aliphatic rings. The number of aromatic nitrogens is 2. The molecule has 1 amide bonds. The van der Waals surface area contributed by atoms with Gasteiger partial charge in [-0.15, -0.1) is 0 Å². The van der Waals surface area contributed by atoms with Crippen LogP contribution < -0.4 is 5.32 Å². The topological polar surface area (TPSA) is 90.1 Å². The van der Waals surface area contributed by atoms with E-state index >= 15 is 0 Å². The number of benzene rings is 2. The van der Waals surface area contributed by atoms with E-state index in [2.05, 4.69) is 9.88 Å². The maximum absolute atomic E-state index is 12.8. The van der Waals surface area contributed by atoms with Gasteiger partial charge in [0.15, 0.2) is 0 Å². The van der Waals surface area contributed by atoms with Crippen LogP contribution in [0.25, 0.3) is 11.3 Å². The van der Waals surface area contributed by atoms with Gasteiger partial charge in [-0.3, -0.25) is 14.9 Å². The zero-order chi connectivity index (χ0) is 19.7. The normalized spacial score (nSPS) is 13.0. The van der Waals surface area contributed by atoms with E-state index in [1.807, 2.05) is 18.3 Å². The van der Waals surface area contributed by atoms with E-state index in [0.29, 0.717) is 5.69 Å². The Morgan fingerprint density at radius 3 is 2.82 bits per heavy atom. The van der Waals surface area contributed by atoms with Crippen molar-refractivity contribution in [1.29, 1.82) is 0 Å². The first-order chi connectivity index (χ1) is 13.5. The van der Waals surface area contributed by atoms with Crippen molar-refractivity contribution in [3.05, 3.63) is 75.2 Å². The van der Waals surface area contributed by atoms with E-state index in [9.17, 15) is 14.9 Å². The molecule has 28 heavy (non-hydrogen) atoms. The third-order valence-electron chi connectivity index (χ3n) is 4.76. The highest BCUT2D eigenvalue weighted by Gasteiger charge is 2.22. The number of hydrogen-bond acceptors (Lipinski definition) is 4. The summed E-state index contributed by atoms with van der Waals surface area (Å²) in [6, 6.07) is 11.2. The maximum Gasteiger partial charge on any atom is 0.282 e. The van der Waals surface area contributed by atoms with Crippen LogP contribution >= 0.6 is 11.6 Å². The summed E-state index contributed by atoms with van der Waals surface area (Å²) in [6.45, 7) is 0.936. The molecule has 0 radical (unpaired) electrons. The molecule has 0 saturated carbocycles. The number of halogens is 1. The number of hydrogen-bond donors (Lipinski definition) is 1. The molecule has 0 spiro atoms. The second-order valence-corrected chi connectivity index (χ2v) is 7.05. The second kappa shape index (κ2) is 7.44. The number of nitrogens with one attached hydrogen (secondary N) is 1. The molecule has 0 bridgehead atoms. The molecule has 0 atom stereocenters. The van der Waals surface area contributed by atoms with E-state index in [1.54, 1.807) is 12.1 Å². The van der Waals surface area contributed by atoms with Crippen LogP contribution in [0.1, 0.15) is 29.0 Å². The molecule has 142 valence electrons. The van der Waals surface area contributed by atoms with E-state index < -0.39 is 10.8 Å². The van der Waals surface area contributed by atoms with Gasteiger partial charge in [0.1, 0.15) is 11.4 Å². The van der Waals surface area contributed by atoms with Crippen molar-refractivity contribution in [2.24, 2.45) is 0 Å². The first-order valence-electron chi connectivity index (χ1n) is 8.93. The van der Waals surface area contributed by atoms with E-state index in [-0.39, 0.29) is 16.3 Å². The van der Waals surface area contributed by atoms with Crippen molar-refractivity contribution in [2.75, 3.05) is 5.32 Å². The van der Waals surface area contributed by atoms with E-state index in [1.165, 1.54) is 18.2 Å². The zero-order valence-corrected chi connectivity index (χ0v) is 15.6. The molecule has 0 aliphatic carbocycles. The first-order valence-corrected chi connectivity index (χ1v) is 9.31. The number of rotatable bonds is 4. The minimum Gasteiger partial charge on any atom is -0.334 e. The van der Waals surface area contributed by atoms with Gasteiger partial charge in [0.05, 0.1) is 16.3 Å². The SMILES string of the molecule is O=C(Nc1ccccc1-c1cn2c(n1)CCCC2)c1cc(Cl)ccc1[N+](=O)[O-]. The van der Waals surface area contributed by atoms with Crippen LogP contribution in [0.3, 0.4) is 0 Å². The number of nitro groups is 1. The third-order valence-corrected chi connectivity index (χ3v) is 4.99. The number of nitro benzene ring substituents is 1. The minimum atomic E-state index is -0.597. The number of para-hydroxylation sites is 1. The van der Waals surface area contributed by atoms with Gasteiger partial charge in [-0.2, -0.15) is 0 Å². The van der Waals surface area contributed by atoms with E-state index in [4.69, 9.17) is 16.6 Å². The Hall–Kier alpha value is -3.19. The fraction of sp³-hybridized carbons (Fsp3) is 0.200. The number of carbonyl (C=O) groups excluding carboxylic acids is 1. The Kier molecular flexibility index (Phi) is 4.83. The molecule has 1 aromatic heterocycles. The highest BCUT2D eigenvalue weighted by Crippen LogP contribution is 2.30. The summed E-state index contributed by atoms with van der Waals surface area (Å²) in [6.07, 6.45) is 5.16. The quantitative estimate of drug-likeness (QED) is 0.511. The Bertz CT molecular complexity index is 1050. The molecule has 0 saturated heterocycles. The van der Waals surface area contributed by atoms with Crippen LogP contribution in [0.4, 0.5) is 11.4 Å². The standard InChI is InChI=1S/C20H17ClN4O3/c21-13-8-9-18(25(27)28)15(11-13)20(26)23-16-6-2-1-5-14(16)17-12-24-10-4-3-7-19(24)22-17/h1-2,5-6,8-9,11-12H,3-4,7,10H2,(H,23,26). The number of amides is 1.